The minimum absolute atomic E-state index is 0.0207. The summed E-state index contributed by atoms with van der Waals surface area (Å²) in [5.41, 5.74) is 0.980. The third kappa shape index (κ3) is 5.32. The van der Waals surface area contributed by atoms with Crippen molar-refractivity contribution < 1.29 is 18.7 Å². The molecular formula is C17H23FN2O3. The summed E-state index contributed by atoms with van der Waals surface area (Å²) in [6, 6.07) is 6.31. The molecular weight excluding hydrogens is 299 g/mol. The molecule has 0 saturated carbocycles. The molecule has 1 atom stereocenters. The lowest BCUT2D eigenvalue weighted by molar-refractivity contribution is -0.141. The van der Waals surface area contributed by atoms with Crippen molar-refractivity contribution in [2.75, 3.05) is 33.8 Å². The molecule has 0 radical (unpaired) electrons. The van der Waals surface area contributed by atoms with Gasteiger partial charge in [-0.3, -0.25) is 9.59 Å². The second kappa shape index (κ2) is 8.06. The first-order valence-corrected chi connectivity index (χ1v) is 7.79. The number of hydrogen-bond acceptors (Lipinski definition) is 3. The van der Waals surface area contributed by atoms with E-state index in [-0.39, 0.29) is 36.6 Å². The summed E-state index contributed by atoms with van der Waals surface area (Å²) in [7, 11) is 3.36. The van der Waals surface area contributed by atoms with Gasteiger partial charge in [-0.1, -0.05) is 12.1 Å². The highest BCUT2D eigenvalue weighted by Gasteiger charge is 2.24. The number of carbonyl (C=O) groups is 2. The predicted octanol–water partition coefficient (Wildman–Crippen LogP) is 1.46. The van der Waals surface area contributed by atoms with E-state index in [1.54, 1.807) is 31.1 Å². The van der Waals surface area contributed by atoms with Gasteiger partial charge < -0.3 is 14.5 Å². The van der Waals surface area contributed by atoms with Gasteiger partial charge in [-0.15, -0.1) is 0 Å². The number of ether oxygens (including phenoxy) is 1. The molecule has 0 N–H and O–H groups in total. The van der Waals surface area contributed by atoms with Gasteiger partial charge in [0.15, 0.2) is 0 Å². The molecule has 2 amide bonds. The summed E-state index contributed by atoms with van der Waals surface area (Å²) in [4.78, 5) is 27.0. The van der Waals surface area contributed by atoms with Crippen LogP contribution in [0, 0.1) is 5.82 Å². The SMILES string of the molecule is CN(C)C(=O)CCC(=O)N1CCOC(Cc2ccc(F)cc2)C1. The standard InChI is InChI=1S/C17H23FN2O3/c1-19(2)16(21)7-8-17(22)20-9-10-23-15(12-20)11-13-3-5-14(18)6-4-13/h3-6,15H,7-12H2,1-2H3. The zero-order valence-corrected chi connectivity index (χ0v) is 13.6. The average molecular weight is 322 g/mol. The van der Waals surface area contributed by atoms with E-state index < -0.39 is 0 Å². The number of amides is 2. The van der Waals surface area contributed by atoms with Crippen LogP contribution in [0.2, 0.25) is 0 Å². The van der Waals surface area contributed by atoms with Gasteiger partial charge in [0.2, 0.25) is 11.8 Å². The van der Waals surface area contributed by atoms with E-state index in [1.165, 1.54) is 17.0 Å². The number of hydrogen-bond donors (Lipinski definition) is 0. The molecule has 2 rings (SSSR count). The molecule has 6 heteroatoms. The van der Waals surface area contributed by atoms with Crippen LogP contribution in [0.4, 0.5) is 4.39 Å². The zero-order valence-electron chi connectivity index (χ0n) is 13.6. The topological polar surface area (TPSA) is 49.9 Å². The molecule has 1 heterocycles. The Morgan fingerprint density at radius 2 is 1.96 bits per heavy atom. The van der Waals surface area contributed by atoms with E-state index in [9.17, 15) is 14.0 Å². The van der Waals surface area contributed by atoms with Crippen molar-refractivity contribution in [3.05, 3.63) is 35.6 Å². The second-order valence-electron chi connectivity index (χ2n) is 5.95. The van der Waals surface area contributed by atoms with Crippen molar-refractivity contribution in [1.82, 2.24) is 9.80 Å². The van der Waals surface area contributed by atoms with Crippen molar-refractivity contribution in [2.45, 2.75) is 25.4 Å². The smallest absolute Gasteiger partial charge is 0.223 e. The summed E-state index contributed by atoms with van der Waals surface area (Å²) in [6.45, 7) is 1.54. The summed E-state index contributed by atoms with van der Waals surface area (Å²) >= 11 is 0. The quantitative estimate of drug-likeness (QED) is 0.825. The van der Waals surface area contributed by atoms with Crippen molar-refractivity contribution >= 4 is 11.8 Å². The molecule has 0 bridgehead atoms. The second-order valence-corrected chi connectivity index (χ2v) is 5.95. The van der Waals surface area contributed by atoms with E-state index in [4.69, 9.17) is 4.74 Å². The highest BCUT2D eigenvalue weighted by molar-refractivity contribution is 5.83. The van der Waals surface area contributed by atoms with Crippen LogP contribution in [0.3, 0.4) is 0 Å². The molecule has 1 unspecified atom stereocenters. The van der Waals surface area contributed by atoms with Crippen molar-refractivity contribution in [3.8, 4) is 0 Å². The normalized spacial score (nSPS) is 17.9. The van der Waals surface area contributed by atoms with Crippen LogP contribution in [-0.4, -0.2) is 61.5 Å². The van der Waals surface area contributed by atoms with Gasteiger partial charge in [0, 0.05) is 46.4 Å². The van der Waals surface area contributed by atoms with Gasteiger partial charge in [0.25, 0.3) is 0 Å². The molecule has 0 spiro atoms. The molecule has 1 aliphatic rings. The number of benzene rings is 1. The Balaban J connectivity index is 1.83. The van der Waals surface area contributed by atoms with Crippen LogP contribution < -0.4 is 0 Å². The summed E-state index contributed by atoms with van der Waals surface area (Å²) in [5.74, 6) is -0.331. The van der Waals surface area contributed by atoms with E-state index >= 15 is 0 Å². The van der Waals surface area contributed by atoms with Crippen LogP contribution in [0.1, 0.15) is 18.4 Å². The number of nitrogens with zero attached hydrogens (tertiary/aromatic N) is 2. The van der Waals surface area contributed by atoms with Gasteiger partial charge >= 0.3 is 0 Å². The number of rotatable bonds is 5. The number of halogens is 1. The number of morpholine rings is 1. The van der Waals surface area contributed by atoms with Crippen LogP contribution in [0.25, 0.3) is 0 Å². The first-order chi connectivity index (χ1) is 11.0. The fraction of sp³-hybridized carbons (Fsp3) is 0.529. The first kappa shape index (κ1) is 17.4. The summed E-state index contributed by atoms with van der Waals surface area (Å²) in [6.07, 6.45) is 0.995. The van der Waals surface area contributed by atoms with Gasteiger partial charge in [-0.05, 0) is 17.7 Å². The molecule has 23 heavy (non-hydrogen) atoms. The zero-order chi connectivity index (χ0) is 16.8. The Morgan fingerprint density at radius 1 is 1.26 bits per heavy atom. The lowest BCUT2D eigenvalue weighted by Crippen LogP contribution is -2.46. The van der Waals surface area contributed by atoms with Crippen LogP contribution in [0.15, 0.2) is 24.3 Å². The van der Waals surface area contributed by atoms with Gasteiger partial charge in [-0.25, -0.2) is 4.39 Å². The van der Waals surface area contributed by atoms with Crippen LogP contribution in [0.5, 0.6) is 0 Å². The van der Waals surface area contributed by atoms with E-state index in [0.717, 1.165) is 5.56 Å². The molecule has 126 valence electrons. The predicted molar refractivity (Wildman–Crippen MR) is 84.4 cm³/mol. The van der Waals surface area contributed by atoms with Gasteiger partial charge in [-0.2, -0.15) is 0 Å². The Kier molecular flexibility index (Phi) is 6.10. The third-order valence-corrected chi connectivity index (χ3v) is 3.92. The van der Waals surface area contributed by atoms with Gasteiger partial charge in [0.05, 0.1) is 12.7 Å². The summed E-state index contributed by atoms with van der Waals surface area (Å²) in [5, 5.41) is 0. The highest BCUT2D eigenvalue weighted by Crippen LogP contribution is 2.14. The molecule has 1 aromatic carbocycles. The Morgan fingerprint density at radius 3 is 2.61 bits per heavy atom. The monoisotopic (exact) mass is 322 g/mol. The van der Waals surface area contributed by atoms with Crippen molar-refractivity contribution in [3.63, 3.8) is 0 Å². The van der Waals surface area contributed by atoms with Crippen LogP contribution >= 0.6 is 0 Å². The first-order valence-electron chi connectivity index (χ1n) is 7.79. The number of carbonyl (C=O) groups excluding carboxylic acids is 2. The Hall–Kier alpha value is -1.95. The largest absolute Gasteiger partial charge is 0.374 e. The maximum atomic E-state index is 12.9. The van der Waals surface area contributed by atoms with E-state index in [1.807, 2.05) is 0 Å². The highest BCUT2D eigenvalue weighted by atomic mass is 19.1. The fourth-order valence-corrected chi connectivity index (χ4v) is 2.55. The van der Waals surface area contributed by atoms with Gasteiger partial charge in [0.1, 0.15) is 5.82 Å². The Labute approximate surface area is 136 Å². The average Bonchev–Trinajstić information content (AvgIpc) is 2.54. The van der Waals surface area contributed by atoms with Crippen molar-refractivity contribution in [1.29, 1.82) is 0 Å². The fourth-order valence-electron chi connectivity index (χ4n) is 2.55. The minimum atomic E-state index is -0.263. The minimum Gasteiger partial charge on any atom is -0.374 e. The third-order valence-electron chi connectivity index (χ3n) is 3.92. The lowest BCUT2D eigenvalue weighted by Gasteiger charge is -2.33. The maximum Gasteiger partial charge on any atom is 0.223 e. The summed E-state index contributed by atoms with van der Waals surface area (Å²) < 4.78 is 18.6. The molecule has 5 nitrogen and oxygen atoms in total. The van der Waals surface area contributed by atoms with Crippen LogP contribution in [-0.2, 0) is 20.7 Å². The molecule has 0 aliphatic carbocycles. The molecule has 1 saturated heterocycles. The maximum absolute atomic E-state index is 12.9. The van der Waals surface area contributed by atoms with Crippen molar-refractivity contribution in [2.24, 2.45) is 0 Å². The van der Waals surface area contributed by atoms with E-state index in [0.29, 0.717) is 26.1 Å². The molecule has 1 aliphatic heterocycles. The van der Waals surface area contributed by atoms with E-state index in [2.05, 4.69) is 0 Å². The molecule has 0 aromatic heterocycles. The Bertz CT molecular complexity index is 545. The molecule has 1 fully saturated rings. The molecule has 1 aromatic rings. The lowest BCUT2D eigenvalue weighted by atomic mass is 10.1.